The fourth-order valence-electron chi connectivity index (χ4n) is 1.82. The van der Waals surface area contributed by atoms with Crippen LogP contribution in [0.3, 0.4) is 0 Å². The fourth-order valence-corrected chi connectivity index (χ4v) is 2.63. The number of piperazine rings is 1. The number of rotatable bonds is 4. The van der Waals surface area contributed by atoms with Crippen LogP contribution in [0.4, 0.5) is 5.13 Å². The van der Waals surface area contributed by atoms with E-state index in [9.17, 15) is 0 Å². The summed E-state index contributed by atoms with van der Waals surface area (Å²) in [5.74, 6) is 0.771. The van der Waals surface area contributed by atoms with E-state index in [1.165, 1.54) is 0 Å². The van der Waals surface area contributed by atoms with Crippen LogP contribution in [0.5, 0.6) is 0 Å². The first-order valence-corrected chi connectivity index (χ1v) is 6.74. The number of anilines is 1. The number of nitrogens with zero attached hydrogens (tertiary/aromatic N) is 3. The predicted octanol–water partition coefficient (Wildman–Crippen LogP) is 1.89. The van der Waals surface area contributed by atoms with Crippen molar-refractivity contribution in [2.24, 2.45) is 0 Å². The number of alkyl halides is 1. The summed E-state index contributed by atoms with van der Waals surface area (Å²) in [4.78, 5) is 9.17. The molecule has 1 fully saturated rings. The van der Waals surface area contributed by atoms with E-state index in [-0.39, 0.29) is 0 Å². The Morgan fingerprint density at radius 2 is 2.13 bits per heavy atom. The van der Waals surface area contributed by atoms with Crippen LogP contribution in [0, 0.1) is 0 Å². The molecular weight excluding hydrogens is 230 g/mol. The summed E-state index contributed by atoms with van der Waals surface area (Å²) in [6, 6.07) is 0. The third-order valence-electron chi connectivity index (χ3n) is 2.67. The minimum Gasteiger partial charge on any atom is -0.346 e. The molecule has 1 aliphatic rings. The highest BCUT2D eigenvalue weighted by molar-refractivity contribution is 7.13. The summed E-state index contributed by atoms with van der Waals surface area (Å²) in [7, 11) is 0. The predicted molar refractivity (Wildman–Crippen MR) is 66.1 cm³/mol. The Morgan fingerprint density at radius 1 is 1.33 bits per heavy atom. The van der Waals surface area contributed by atoms with Crippen LogP contribution in [0.15, 0.2) is 11.6 Å². The zero-order chi connectivity index (χ0) is 10.5. The third-order valence-corrected chi connectivity index (χ3v) is 3.77. The van der Waals surface area contributed by atoms with Gasteiger partial charge in [-0.25, -0.2) is 4.98 Å². The Hall–Kier alpha value is -0.320. The minimum atomic E-state index is 0.771. The molecule has 15 heavy (non-hydrogen) atoms. The fraction of sp³-hybridized carbons (Fsp3) is 0.700. The quantitative estimate of drug-likeness (QED) is 0.756. The molecule has 3 nitrogen and oxygen atoms in total. The molecule has 0 unspecified atom stereocenters. The topological polar surface area (TPSA) is 19.4 Å². The van der Waals surface area contributed by atoms with E-state index < -0.39 is 0 Å². The van der Waals surface area contributed by atoms with E-state index >= 15 is 0 Å². The van der Waals surface area contributed by atoms with Gasteiger partial charge in [0.25, 0.3) is 0 Å². The number of thiazole rings is 1. The molecule has 1 aromatic heterocycles. The van der Waals surface area contributed by atoms with Gasteiger partial charge >= 0.3 is 0 Å². The summed E-state index contributed by atoms with van der Waals surface area (Å²) in [6.45, 7) is 5.59. The van der Waals surface area contributed by atoms with Gasteiger partial charge in [-0.15, -0.1) is 22.9 Å². The zero-order valence-electron chi connectivity index (χ0n) is 8.73. The highest BCUT2D eigenvalue weighted by Gasteiger charge is 2.17. The molecule has 5 heteroatoms. The minimum absolute atomic E-state index is 0.771. The van der Waals surface area contributed by atoms with Crippen LogP contribution in [0.2, 0.25) is 0 Å². The van der Waals surface area contributed by atoms with Crippen molar-refractivity contribution in [3.05, 3.63) is 11.6 Å². The lowest BCUT2D eigenvalue weighted by molar-refractivity contribution is 0.259. The molecule has 0 N–H and O–H groups in total. The molecule has 0 spiro atoms. The van der Waals surface area contributed by atoms with Crippen molar-refractivity contribution in [1.82, 2.24) is 9.88 Å². The van der Waals surface area contributed by atoms with E-state index in [4.69, 9.17) is 11.6 Å². The molecule has 0 atom stereocenters. The molecule has 0 aliphatic carbocycles. The van der Waals surface area contributed by atoms with Gasteiger partial charge in [0.15, 0.2) is 5.13 Å². The molecule has 0 radical (unpaired) electrons. The molecule has 2 heterocycles. The zero-order valence-corrected chi connectivity index (χ0v) is 10.3. The normalized spacial score (nSPS) is 18.3. The molecule has 0 saturated carbocycles. The van der Waals surface area contributed by atoms with E-state index in [0.717, 1.165) is 50.2 Å². The summed E-state index contributed by atoms with van der Waals surface area (Å²) < 4.78 is 0. The summed E-state index contributed by atoms with van der Waals surface area (Å²) in [6.07, 6.45) is 2.97. The van der Waals surface area contributed by atoms with Crippen LogP contribution in [-0.2, 0) is 0 Å². The largest absolute Gasteiger partial charge is 0.346 e. The van der Waals surface area contributed by atoms with Crippen LogP contribution >= 0.6 is 22.9 Å². The molecule has 2 rings (SSSR count). The van der Waals surface area contributed by atoms with Crippen molar-refractivity contribution < 1.29 is 0 Å². The molecule has 1 saturated heterocycles. The van der Waals surface area contributed by atoms with E-state index in [1.807, 2.05) is 11.6 Å². The third kappa shape index (κ3) is 3.06. The maximum Gasteiger partial charge on any atom is 0.185 e. The second-order valence-corrected chi connectivity index (χ2v) is 4.94. The van der Waals surface area contributed by atoms with Gasteiger partial charge in [-0.2, -0.15) is 0 Å². The van der Waals surface area contributed by atoms with E-state index in [1.54, 1.807) is 11.3 Å². The first-order chi connectivity index (χ1) is 7.40. The summed E-state index contributed by atoms with van der Waals surface area (Å²) in [5.41, 5.74) is 0. The van der Waals surface area contributed by atoms with Crippen molar-refractivity contribution in [2.45, 2.75) is 6.42 Å². The summed E-state index contributed by atoms with van der Waals surface area (Å²) >= 11 is 7.41. The smallest absolute Gasteiger partial charge is 0.185 e. The Morgan fingerprint density at radius 3 is 2.73 bits per heavy atom. The Labute approximate surface area is 99.7 Å². The number of hydrogen-bond acceptors (Lipinski definition) is 4. The molecule has 1 aromatic rings. The first kappa shape index (κ1) is 11.2. The van der Waals surface area contributed by atoms with Gasteiger partial charge in [0.2, 0.25) is 0 Å². The maximum absolute atomic E-state index is 5.69. The molecule has 84 valence electrons. The second kappa shape index (κ2) is 5.68. The number of halogens is 1. The van der Waals surface area contributed by atoms with Gasteiger partial charge in [-0.3, -0.25) is 4.90 Å². The van der Waals surface area contributed by atoms with Crippen molar-refractivity contribution >= 4 is 28.1 Å². The lowest BCUT2D eigenvalue weighted by atomic mass is 10.3. The first-order valence-electron chi connectivity index (χ1n) is 5.33. The molecule has 1 aliphatic heterocycles. The Kier molecular flexibility index (Phi) is 4.23. The maximum atomic E-state index is 5.69. The Bertz CT molecular complexity index is 270. The average Bonchev–Trinajstić information content (AvgIpc) is 2.80. The van der Waals surface area contributed by atoms with Crippen molar-refractivity contribution in [1.29, 1.82) is 0 Å². The van der Waals surface area contributed by atoms with Crippen LogP contribution < -0.4 is 4.90 Å². The van der Waals surface area contributed by atoms with Crippen molar-refractivity contribution in [3.63, 3.8) is 0 Å². The summed E-state index contributed by atoms with van der Waals surface area (Å²) in [5, 5.41) is 3.20. The lowest BCUT2D eigenvalue weighted by Crippen LogP contribution is -2.46. The van der Waals surface area contributed by atoms with Gasteiger partial charge < -0.3 is 4.90 Å². The van der Waals surface area contributed by atoms with Gasteiger partial charge in [0.05, 0.1) is 0 Å². The molecule has 0 bridgehead atoms. The molecule has 0 aromatic carbocycles. The van der Waals surface area contributed by atoms with Crippen LogP contribution in [-0.4, -0.2) is 48.5 Å². The Balaban J connectivity index is 1.77. The highest BCUT2D eigenvalue weighted by atomic mass is 35.5. The standard InChI is InChI=1S/C10H16ClN3S/c11-2-1-4-13-5-7-14(8-6-13)10-12-3-9-15-10/h3,9H,1-2,4-8H2. The van der Waals surface area contributed by atoms with E-state index in [2.05, 4.69) is 14.8 Å². The van der Waals surface area contributed by atoms with Gasteiger partial charge in [-0.05, 0) is 13.0 Å². The highest BCUT2D eigenvalue weighted by Crippen LogP contribution is 2.18. The SMILES string of the molecule is ClCCCN1CCN(c2nccs2)CC1. The average molecular weight is 246 g/mol. The number of hydrogen-bond donors (Lipinski definition) is 0. The molecular formula is C10H16ClN3S. The number of aromatic nitrogens is 1. The van der Waals surface area contributed by atoms with Crippen LogP contribution in [0.25, 0.3) is 0 Å². The van der Waals surface area contributed by atoms with Gasteiger partial charge in [-0.1, -0.05) is 0 Å². The van der Waals surface area contributed by atoms with Gasteiger partial charge in [0.1, 0.15) is 0 Å². The van der Waals surface area contributed by atoms with E-state index in [0.29, 0.717) is 0 Å². The lowest BCUT2D eigenvalue weighted by Gasteiger charge is -2.34. The van der Waals surface area contributed by atoms with Gasteiger partial charge in [0, 0.05) is 43.6 Å². The van der Waals surface area contributed by atoms with Crippen molar-refractivity contribution in [2.75, 3.05) is 43.5 Å². The second-order valence-electron chi connectivity index (χ2n) is 3.69. The monoisotopic (exact) mass is 245 g/mol. The molecule has 0 amide bonds. The van der Waals surface area contributed by atoms with Crippen LogP contribution in [0.1, 0.15) is 6.42 Å². The van der Waals surface area contributed by atoms with Crippen molar-refractivity contribution in [3.8, 4) is 0 Å².